The lowest BCUT2D eigenvalue weighted by Gasteiger charge is -2.24. The Hall–Kier alpha value is -0.120. The quantitative estimate of drug-likeness (QED) is 0.451. The van der Waals surface area contributed by atoms with Crippen molar-refractivity contribution in [1.29, 1.82) is 0 Å². The van der Waals surface area contributed by atoms with E-state index in [1.54, 1.807) is 0 Å². The number of ether oxygens (including phenoxy) is 1. The Balaban J connectivity index is 3.19. The summed E-state index contributed by atoms with van der Waals surface area (Å²) in [6.07, 6.45) is 1.11. The molecular weight excluding hydrogens is 152 g/mol. The van der Waals surface area contributed by atoms with Crippen molar-refractivity contribution in [1.82, 2.24) is 10.6 Å². The summed E-state index contributed by atoms with van der Waals surface area (Å²) in [4.78, 5) is 0. The molecule has 0 amide bonds. The average molecular weight is 174 g/mol. The first-order valence-electron chi connectivity index (χ1n) is 4.66. The molecule has 0 aromatic rings. The van der Waals surface area contributed by atoms with E-state index >= 15 is 0 Å². The van der Waals surface area contributed by atoms with Gasteiger partial charge in [0.15, 0.2) is 0 Å². The molecule has 0 aliphatic heterocycles. The molecule has 0 radical (unpaired) electrons. The summed E-state index contributed by atoms with van der Waals surface area (Å²) < 4.78 is 5.29. The molecule has 74 valence electrons. The molecule has 2 N–H and O–H groups in total. The Morgan fingerprint density at radius 2 is 1.83 bits per heavy atom. The van der Waals surface area contributed by atoms with Gasteiger partial charge in [-0.1, -0.05) is 13.8 Å². The average Bonchev–Trinajstić information content (AvgIpc) is 2.04. The monoisotopic (exact) mass is 174 g/mol. The molecule has 0 aromatic heterocycles. The Morgan fingerprint density at radius 1 is 1.17 bits per heavy atom. The maximum atomic E-state index is 5.29. The van der Waals surface area contributed by atoms with E-state index in [2.05, 4.69) is 38.3 Å². The molecule has 0 saturated carbocycles. The maximum Gasteiger partial charge on any atom is 0.0987 e. The van der Waals surface area contributed by atoms with Crippen molar-refractivity contribution in [3.05, 3.63) is 0 Å². The summed E-state index contributed by atoms with van der Waals surface area (Å²) in [7, 11) is 0. The lowest BCUT2D eigenvalue weighted by molar-refractivity contribution is 0.0821. The first kappa shape index (κ1) is 11.9. The van der Waals surface area contributed by atoms with Crippen LogP contribution in [0.4, 0.5) is 0 Å². The largest absolute Gasteiger partial charge is 0.351 e. The van der Waals surface area contributed by atoms with Crippen LogP contribution in [-0.2, 0) is 4.74 Å². The highest BCUT2D eigenvalue weighted by Gasteiger charge is 2.12. The van der Waals surface area contributed by atoms with Gasteiger partial charge in [-0.3, -0.25) is 10.6 Å². The third-order valence-electron chi connectivity index (χ3n) is 1.99. The van der Waals surface area contributed by atoms with Crippen molar-refractivity contribution in [3.8, 4) is 0 Å². The SMILES string of the molecule is CCNCOCNC(C)(C)CC. The van der Waals surface area contributed by atoms with E-state index in [4.69, 9.17) is 4.74 Å². The fourth-order valence-corrected chi connectivity index (χ4v) is 0.597. The Labute approximate surface area is 75.9 Å². The van der Waals surface area contributed by atoms with E-state index < -0.39 is 0 Å². The summed E-state index contributed by atoms with van der Waals surface area (Å²) >= 11 is 0. The molecule has 0 spiro atoms. The van der Waals surface area contributed by atoms with Crippen molar-refractivity contribution >= 4 is 0 Å². The maximum absolute atomic E-state index is 5.29. The second kappa shape index (κ2) is 6.40. The Kier molecular flexibility index (Phi) is 6.34. The van der Waals surface area contributed by atoms with Gasteiger partial charge in [0, 0.05) is 5.54 Å². The molecule has 0 aromatic carbocycles. The van der Waals surface area contributed by atoms with E-state index in [9.17, 15) is 0 Å². The Morgan fingerprint density at radius 3 is 2.33 bits per heavy atom. The van der Waals surface area contributed by atoms with E-state index in [0.29, 0.717) is 13.5 Å². The van der Waals surface area contributed by atoms with Gasteiger partial charge in [-0.25, -0.2) is 0 Å². The molecule has 3 nitrogen and oxygen atoms in total. The third-order valence-corrected chi connectivity index (χ3v) is 1.99. The second-order valence-corrected chi connectivity index (χ2v) is 3.51. The number of rotatable bonds is 7. The minimum absolute atomic E-state index is 0.187. The van der Waals surface area contributed by atoms with Crippen LogP contribution >= 0.6 is 0 Å². The van der Waals surface area contributed by atoms with Gasteiger partial charge in [0.1, 0.15) is 0 Å². The molecule has 0 bridgehead atoms. The molecule has 0 aliphatic carbocycles. The first-order chi connectivity index (χ1) is 5.62. The summed E-state index contributed by atoms with van der Waals surface area (Å²) in [5.74, 6) is 0. The van der Waals surface area contributed by atoms with E-state index in [1.807, 2.05) is 0 Å². The lowest BCUT2D eigenvalue weighted by atomic mass is 10.0. The zero-order valence-corrected chi connectivity index (χ0v) is 8.74. The number of nitrogens with one attached hydrogen (secondary N) is 2. The summed E-state index contributed by atoms with van der Waals surface area (Å²) in [6.45, 7) is 10.8. The van der Waals surface area contributed by atoms with Crippen LogP contribution in [0.3, 0.4) is 0 Å². The molecular formula is C9H22N2O. The van der Waals surface area contributed by atoms with E-state index in [1.165, 1.54) is 0 Å². The predicted molar refractivity (Wildman–Crippen MR) is 52.0 cm³/mol. The first-order valence-corrected chi connectivity index (χ1v) is 4.66. The summed E-state index contributed by atoms with van der Waals surface area (Å²) in [5.41, 5.74) is 0.187. The Bertz CT molecular complexity index is 105. The minimum atomic E-state index is 0.187. The molecule has 0 rings (SSSR count). The van der Waals surface area contributed by atoms with Crippen molar-refractivity contribution in [2.75, 3.05) is 20.0 Å². The van der Waals surface area contributed by atoms with Gasteiger partial charge in [0.05, 0.1) is 13.5 Å². The number of hydrogen-bond donors (Lipinski definition) is 2. The van der Waals surface area contributed by atoms with E-state index in [-0.39, 0.29) is 5.54 Å². The van der Waals surface area contributed by atoms with Crippen LogP contribution in [0, 0.1) is 0 Å². The predicted octanol–water partition coefficient (Wildman–Crippen LogP) is 1.31. The topological polar surface area (TPSA) is 33.3 Å². The molecule has 12 heavy (non-hydrogen) atoms. The van der Waals surface area contributed by atoms with Crippen LogP contribution in [0.15, 0.2) is 0 Å². The summed E-state index contributed by atoms with van der Waals surface area (Å²) in [6, 6.07) is 0. The molecule has 0 unspecified atom stereocenters. The van der Waals surface area contributed by atoms with E-state index in [0.717, 1.165) is 13.0 Å². The minimum Gasteiger partial charge on any atom is -0.351 e. The van der Waals surface area contributed by atoms with Crippen LogP contribution in [-0.4, -0.2) is 25.5 Å². The van der Waals surface area contributed by atoms with Crippen molar-refractivity contribution in [3.63, 3.8) is 0 Å². The van der Waals surface area contributed by atoms with Crippen LogP contribution < -0.4 is 10.6 Å². The van der Waals surface area contributed by atoms with Gasteiger partial charge in [-0.2, -0.15) is 0 Å². The highest BCUT2D eigenvalue weighted by molar-refractivity contribution is 4.72. The number of hydrogen-bond acceptors (Lipinski definition) is 3. The van der Waals surface area contributed by atoms with Crippen LogP contribution in [0.25, 0.3) is 0 Å². The van der Waals surface area contributed by atoms with Crippen molar-refractivity contribution < 1.29 is 4.74 Å². The lowest BCUT2D eigenvalue weighted by Crippen LogP contribution is -2.40. The molecule has 0 aliphatic rings. The van der Waals surface area contributed by atoms with Gasteiger partial charge in [0.25, 0.3) is 0 Å². The fraction of sp³-hybridized carbons (Fsp3) is 1.00. The zero-order valence-electron chi connectivity index (χ0n) is 8.74. The summed E-state index contributed by atoms with van der Waals surface area (Å²) in [5, 5.41) is 6.40. The molecule has 0 heterocycles. The van der Waals surface area contributed by atoms with Gasteiger partial charge in [0.2, 0.25) is 0 Å². The molecule has 3 heteroatoms. The van der Waals surface area contributed by atoms with Crippen LogP contribution in [0.1, 0.15) is 34.1 Å². The highest BCUT2D eigenvalue weighted by Crippen LogP contribution is 2.05. The van der Waals surface area contributed by atoms with Crippen LogP contribution in [0.2, 0.25) is 0 Å². The van der Waals surface area contributed by atoms with Crippen molar-refractivity contribution in [2.45, 2.75) is 39.7 Å². The third kappa shape index (κ3) is 6.58. The van der Waals surface area contributed by atoms with Gasteiger partial charge in [-0.05, 0) is 26.8 Å². The smallest absolute Gasteiger partial charge is 0.0987 e. The van der Waals surface area contributed by atoms with Crippen LogP contribution in [0.5, 0.6) is 0 Å². The fourth-order valence-electron chi connectivity index (χ4n) is 0.597. The van der Waals surface area contributed by atoms with Gasteiger partial charge >= 0.3 is 0 Å². The normalized spacial score (nSPS) is 12.0. The standard InChI is InChI=1S/C9H22N2O/c1-5-9(3,4)11-8-12-7-10-6-2/h10-11H,5-8H2,1-4H3. The molecule has 0 fully saturated rings. The zero-order chi connectivity index (χ0) is 9.45. The van der Waals surface area contributed by atoms with Crippen molar-refractivity contribution in [2.24, 2.45) is 0 Å². The van der Waals surface area contributed by atoms with Gasteiger partial charge in [-0.15, -0.1) is 0 Å². The molecule has 0 atom stereocenters. The molecule has 0 saturated heterocycles. The second-order valence-electron chi connectivity index (χ2n) is 3.51. The highest BCUT2D eigenvalue weighted by atomic mass is 16.5. The van der Waals surface area contributed by atoms with Gasteiger partial charge < -0.3 is 4.74 Å².